The molecule has 1 saturated heterocycles. The first-order valence-corrected chi connectivity index (χ1v) is 13.5. The monoisotopic (exact) mass is 518 g/mol. The Kier molecular flexibility index (Phi) is 9.41. The molecule has 0 radical (unpaired) electrons. The molecule has 2 aliphatic heterocycles. The van der Waals surface area contributed by atoms with Crippen molar-refractivity contribution in [1.29, 1.82) is 0 Å². The number of fused-ring (bicyclic) bond motifs is 1. The second kappa shape index (κ2) is 11.9. The number of piperidine rings is 1. The van der Waals surface area contributed by atoms with E-state index < -0.39 is 0 Å². The van der Waals surface area contributed by atoms with Crippen molar-refractivity contribution in [3.05, 3.63) is 59.2 Å². The number of hydrogen-bond donors (Lipinski definition) is 3. The number of thioether (sulfide) groups is 1. The van der Waals surface area contributed by atoms with E-state index in [2.05, 4.69) is 37.1 Å². The summed E-state index contributed by atoms with van der Waals surface area (Å²) >= 11 is 1.66. The van der Waals surface area contributed by atoms with Crippen molar-refractivity contribution < 1.29 is 15.0 Å². The maximum absolute atomic E-state index is 12.8. The van der Waals surface area contributed by atoms with Gasteiger partial charge in [-0.15, -0.1) is 24.2 Å². The quantitative estimate of drug-likeness (QED) is 0.452. The average Bonchev–Trinajstić information content (AvgIpc) is 2.82. The molecule has 1 fully saturated rings. The molecule has 0 spiro atoms. The minimum Gasteiger partial charge on any atom is -0.508 e. The zero-order valence-corrected chi connectivity index (χ0v) is 22.6. The predicted octanol–water partition coefficient (Wildman–Crippen LogP) is 5.48. The average molecular weight is 519 g/mol. The molecule has 5 nitrogen and oxygen atoms in total. The number of amides is 1. The lowest BCUT2D eigenvalue weighted by atomic mass is 9.84. The van der Waals surface area contributed by atoms with E-state index >= 15 is 0 Å². The van der Waals surface area contributed by atoms with Gasteiger partial charge in [0.1, 0.15) is 11.5 Å². The fourth-order valence-corrected chi connectivity index (χ4v) is 6.78. The molecular weight excluding hydrogens is 480 g/mol. The number of hydrogen-bond acceptors (Lipinski definition) is 5. The Morgan fingerprint density at radius 2 is 1.83 bits per heavy atom. The summed E-state index contributed by atoms with van der Waals surface area (Å²) in [7, 11) is 0. The van der Waals surface area contributed by atoms with Crippen LogP contribution in [-0.2, 0) is 17.0 Å². The minimum atomic E-state index is -0.0614. The molecule has 2 aliphatic rings. The number of benzene rings is 2. The summed E-state index contributed by atoms with van der Waals surface area (Å²) in [6, 6.07) is 13.2. The number of carbonyl (C=O) groups excluding carboxylic acids is 1. The van der Waals surface area contributed by atoms with Crippen molar-refractivity contribution in [2.24, 2.45) is 5.92 Å². The van der Waals surface area contributed by atoms with Crippen LogP contribution in [0.3, 0.4) is 0 Å². The Bertz CT molecular complexity index is 1010. The van der Waals surface area contributed by atoms with Crippen LogP contribution >= 0.6 is 24.2 Å². The van der Waals surface area contributed by atoms with Gasteiger partial charge < -0.3 is 15.5 Å². The smallest absolute Gasteiger partial charge is 0.233 e. The van der Waals surface area contributed by atoms with Gasteiger partial charge in [-0.05, 0) is 105 Å². The second-order valence-corrected chi connectivity index (χ2v) is 11.9. The zero-order chi connectivity index (χ0) is 24.3. The second-order valence-electron chi connectivity index (χ2n) is 10.7. The Hall–Kier alpha value is -1.89. The molecule has 0 aliphatic carbocycles. The van der Waals surface area contributed by atoms with Crippen LogP contribution in [0.2, 0.25) is 0 Å². The highest BCUT2D eigenvalue weighted by Crippen LogP contribution is 2.35. The summed E-state index contributed by atoms with van der Waals surface area (Å²) in [5.74, 6) is 2.44. The Morgan fingerprint density at radius 3 is 2.54 bits per heavy atom. The summed E-state index contributed by atoms with van der Waals surface area (Å²) in [6.45, 7) is 9.68. The van der Waals surface area contributed by atoms with E-state index in [1.165, 1.54) is 11.1 Å². The fourth-order valence-electron chi connectivity index (χ4n) is 5.60. The molecule has 0 bridgehead atoms. The van der Waals surface area contributed by atoms with Crippen LogP contribution in [0.4, 0.5) is 0 Å². The van der Waals surface area contributed by atoms with Gasteiger partial charge in [0.15, 0.2) is 0 Å². The lowest BCUT2D eigenvalue weighted by Gasteiger charge is -2.44. The first-order valence-electron chi connectivity index (χ1n) is 12.5. The number of halogens is 1. The van der Waals surface area contributed by atoms with Crippen LogP contribution in [0, 0.1) is 5.92 Å². The topological polar surface area (TPSA) is 72.8 Å². The van der Waals surface area contributed by atoms with Gasteiger partial charge in [0.05, 0.1) is 5.25 Å². The van der Waals surface area contributed by atoms with Gasteiger partial charge in [-0.2, -0.15) is 0 Å². The van der Waals surface area contributed by atoms with Crippen LogP contribution in [-0.4, -0.2) is 51.4 Å². The van der Waals surface area contributed by atoms with E-state index in [0.717, 1.165) is 50.1 Å². The fraction of sp³-hybridized carbons (Fsp3) is 0.536. The van der Waals surface area contributed by atoms with Gasteiger partial charge in [0.25, 0.3) is 0 Å². The number of phenols is 2. The van der Waals surface area contributed by atoms with Crippen LogP contribution in [0.15, 0.2) is 42.5 Å². The maximum Gasteiger partial charge on any atom is 0.233 e. The molecule has 192 valence electrons. The number of nitrogens with one attached hydrogen (secondary N) is 1. The summed E-state index contributed by atoms with van der Waals surface area (Å²) in [6.07, 6.45) is 3.97. The van der Waals surface area contributed by atoms with Gasteiger partial charge in [-0.1, -0.05) is 25.1 Å². The molecule has 1 amide bonds. The van der Waals surface area contributed by atoms with Crippen molar-refractivity contribution in [2.75, 3.05) is 19.6 Å². The molecule has 2 heterocycles. The van der Waals surface area contributed by atoms with Crippen molar-refractivity contribution >= 4 is 30.1 Å². The van der Waals surface area contributed by atoms with E-state index in [0.29, 0.717) is 29.9 Å². The normalized spacial score (nSPS) is 19.9. The van der Waals surface area contributed by atoms with Crippen molar-refractivity contribution in [1.82, 2.24) is 10.2 Å². The van der Waals surface area contributed by atoms with E-state index in [1.54, 1.807) is 23.9 Å². The van der Waals surface area contributed by atoms with E-state index in [4.69, 9.17) is 0 Å². The molecule has 2 aromatic carbocycles. The van der Waals surface area contributed by atoms with Gasteiger partial charge in [-0.3, -0.25) is 9.69 Å². The first kappa shape index (κ1) is 27.7. The van der Waals surface area contributed by atoms with Gasteiger partial charge >= 0.3 is 0 Å². The predicted molar refractivity (Wildman–Crippen MR) is 147 cm³/mol. The third-order valence-corrected chi connectivity index (χ3v) is 8.75. The molecule has 3 N–H and O–H groups in total. The van der Waals surface area contributed by atoms with Crippen LogP contribution in [0.1, 0.15) is 62.6 Å². The Balaban J connectivity index is 0.00000342. The lowest BCUT2D eigenvalue weighted by Crippen LogP contribution is -2.49. The summed E-state index contributed by atoms with van der Waals surface area (Å²) < 4.78 is 0. The Labute approximate surface area is 220 Å². The van der Waals surface area contributed by atoms with Crippen molar-refractivity contribution in [2.45, 2.75) is 68.9 Å². The largest absolute Gasteiger partial charge is 0.508 e. The number of carbonyl (C=O) groups is 1. The van der Waals surface area contributed by atoms with Crippen LogP contribution < -0.4 is 5.32 Å². The summed E-state index contributed by atoms with van der Waals surface area (Å²) in [4.78, 5) is 15.4. The highest BCUT2D eigenvalue weighted by atomic mass is 35.5. The molecular formula is C28H39ClN2O3S. The number of likely N-dealkylation sites (tertiary alicyclic amines) is 1. The lowest BCUT2D eigenvalue weighted by molar-refractivity contribution is -0.120. The zero-order valence-electron chi connectivity index (χ0n) is 21.0. The maximum atomic E-state index is 12.8. The number of phenolic OH excluding ortho intramolecular Hbond substituents is 2. The highest BCUT2D eigenvalue weighted by Gasteiger charge is 2.33. The first-order chi connectivity index (χ1) is 16.2. The molecule has 0 saturated carbocycles. The molecule has 0 aromatic heterocycles. The van der Waals surface area contributed by atoms with Gasteiger partial charge in [0.2, 0.25) is 5.91 Å². The minimum absolute atomic E-state index is 0. The van der Waals surface area contributed by atoms with Crippen molar-refractivity contribution in [3.8, 4) is 11.5 Å². The number of rotatable bonds is 7. The van der Waals surface area contributed by atoms with E-state index in [9.17, 15) is 15.0 Å². The van der Waals surface area contributed by atoms with E-state index in [1.807, 2.05) is 24.3 Å². The molecule has 2 aromatic rings. The summed E-state index contributed by atoms with van der Waals surface area (Å²) in [5, 5.41) is 22.6. The standard InChI is InChI=1S/C28H38N2O3S.ClH/c1-19(17-29-27(33)26-15-22-7-8-25(32)14-23(22)18-34-26)16-28(2,3)30-11-9-20(10-12-30)21-5-4-6-24(31)13-21;/h4-8,13-14,19-20,26,31-32H,9-12,15-18H2,1-3H3,(H,29,33);1H/t19-,26+;/m0./s1. The molecule has 35 heavy (non-hydrogen) atoms. The molecule has 0 unspecified atom stereocenters. The molecule has 4 rings (SSSR count). The van der Waals surface area contributed by atoms with Crippen LogP contribution in [0.25, 0.3) is 0 Å². The SMILES string of the molecule is C[C@H](CNC(=O)[C@H]1Cc2ccc(O)cc2CS1)CC(C)(C)N1CCC(c2cccc(O)c2)CC1.Cl. The van der Waals surface area contributed by atoms with Gasteiger partial charge in [-0.25, -0.2) is 0 Å². The third kappa shape index (κ3) is 7.08. The van der Waals surface area contributed by atoms with Gasteiger partial charge in [0, 0.05) is 17.8 Å². The summed E-state index contributed by atoms with van der Waals surface area (Å²) in [5.41, 5.74) is 3.62. The molecule has 2 atom stereocenters. The van der Waals surface area contributed by atoms with E-state index in [-0.39, 0.29) is 29.1 Å². The van der Waals surface area contributed by atoms with Crippen molar-refractivity contribution in [3.63, 3.8) is 0 Å². The number of nitrogens with zero attached hydrogens (tertiary/aromatic N) is 1. The number of aromatic hydroxyl groups is 2. The Morgan fingerprint density at radius 1 is 1.11 bits per heavy atom. The third-order valence-electron chi connectivity index (χ3n) is 7.49. The highest BCUT2D eigenvalue weighted by molar-refractivity contribution is 7.99. The molecule has 7 heteroatoms. The van der Waals surface area contributed by atoms with Crippen LogP contribution in [0.5, 0.6) is 11.5 Å².